The third-order valence-electron chi connectivity index (χ3n) is 6.72. The lowest BCUT2D eigenvalue weighted by atomic mass is 9.89. The Bertz CT molecular complexity index is 1320. The molecule has 11 heteroatoms. The number of rotatable bonds is 8. The fraction of sp³-hybridized carbons (Fsp3) is 0.423. The van der Waals surface area contributed by atoms with Gasteiger partial charge in [0.25, 0.3) is 0 Å². The van der Waals surface area contributed by atoms with Gasteiger partial charge < -0.3 is 25.4 Å². The summed E-state index contributed by atoms with van der Waals surface area (Å²) in [7, 11) is 0. The van der Waals surface area contributed by atoms with E-state index in [1.54, 1.807) is 30.0 Å². The molecule has 0 aliphatic carbocycles. The summed E-state index contributed by atoms with van der Waals surface area (Å²) < 4.78 is 7.34. The molecule has 11 nitrogen and oxygen atoms in total. The molecular weight excluding hydrogens is 474 g/mol. The van der Waals surface area contributed by atoms with E-state index < -0.39 is 17.7 Å². The fourth-order valence-electron chi connectivity index (χ4n) is 4.62. The standard InChI is InChI=1S/C26H31N7O4/c1-4-21(30-25(35)36)24(34)31-26(3)8-10-32(11-9-26)22-7-6-17(14-28-22)20-12-19(37-5-2)16-33-23(20)18(13-27)15-29-33/h6-7,12,14-16,21,30H,4-5,8-11H2,1-3H3,(H,31,34)(H,35,36)/t21-/m0/s1. The zero-order valence-electron chi connectivity index (χ0n) is 21.2. The number of amides is 2. The Hall–Kier alpha value is -4.33. The van der Waals surface area contributed by atoms with Crippen molar-refractivity contribution in [3.63, 3.8) is 0 Å². The first-order valence-electron chi connectivity index (χ1n) is 12.3. The maximum atomic E-state index is 12.6. The number of piperidine rings is 1. The second kappa shape index (κ2) is 10.7. The summed E-state index contributed by atoms with van der Waals surface area (Å²) in [4.78, 5) is 30.4. The number of pyridine rings is 2. The van der Waals surface area contributed by atoms with E-state index in [1.165, 1.54) is 0 Å². The van der Waals surface area contributed by atoms with E-state index in [1.807, 2.05) is 32.0 Å². The van der Waals surface area contributed by atoms with E-state index in [9.17, 15) is 14.9 Å². The number of nitrogens with zero attached hydrogens (tertiary/aromatic N) is 5. The molecule has 3 N–H and O–H groups in total. The zero-order valence-corrected chi connectivity index (χ0v) is 21.2. The van der Waals surface area contributed by atoms with E-state index >= 15 is 0 Å². The number of hydrogen-bond donors (Lipinski definition) is 3. The van der Waals surface area contributed by atoms with Crippen molar-refractivity contribution < 1.29 is 19.4 Å². The molecule has 0 radical (unpaired) electrons. The van der Waals surface area contributed by atoms with Crippen molar-refractivity contribution in [1.82, 2.24) is 25.2 Å². The number of nitriles is 1. The molecule has 4 rings (SSSR count). The van der Waals surface area contributed by atoms with Gasteiger partial charge in [-0.25, -0.2) is 14.3 Å². The number of carbonyl (C=O) groups excluding carboxylic acids is 1. The Morgan fingerprint density at radius 1 is 1.27 bits per heavy atom. The highest BCUT2D eigenvalue weighted by Crippen LogP contribution is 2.32. The molecular formula is C26H31N7O4. The van der Waals surface area contributed by atoms with Gasteiger partial charge in [-0.3, -0.25) is 4.79 Å². The molecule has 4 heterocycles. The Kier molecular flexibility index (Phi) is 7.47. The number of fused-ring (bicyclic) bond motifs is 1. The Balaban J connectivity index is 1.48. The van der Waals surface area contributed by atoms with Gasteiger partial charge in [0.15, 0.2) is 0 Å². The zero-order chi connectivity index (χ0) is 26.6. The molecule has 0 saturated carbocycles. The number of carbonyl (C=O) groups is 2. The summed E-state index contributed by atoms with van der Waals surface area (Å²) in [5.41, 5.74) is 2.41. The van der Waals surface area contributed by atoms with Crippen molar-refractivity contribution >= 4 is 23.3 Å². The van der Waals surface area contributed by atoms with Gasteiger partial charge >= 0.3 is 6.09 Å². The van der Waals surface area contributed by atoms with Gasteiger partial charge in [0, 0.05) is 36.0 Å². The Morgan fingerprint density at radius 2 is 2.03 bits per heavy atom. The monoisotopic (exact) mass is 505 g/mol. The van der Waals surface area contributed by atoms with E-state index in [0.717, 1.165) is 16.9 Å². The molecule has 0 aromatic carbocycles. The Labute approximate surface area is 215 Å². The van der Waals surface area contributed by atoms with Gasteiger partial charge in [-0.15, -0.1) is 0 Å². The highest BCUT2D eigenvalue weighted by atomic mass is 16.5. The highest BCUT2D eigenvalue weighted by Gasteiger charge is 2.34. The van der Waals surface area contributed by atoms with E-state index in [4.69, 9.17) is 14.8 Å². The first-order valence-corrected chi connectivity index (χ1v) is 12.3. The number of nitrogens with one attached hydrogen (secondary N) is 2. The van der Waals surface area contributed by atoms with Crippen molar-refractivity contribution in [1.29, 1.82) is 5.26 Å². The van der Waals surface area contributed by atoms with Crippen LogP contribution in [0.4, 0.5) is 10.6 Å². The number of aromatic nitrogens is 3. The minimum Gasteiger partial charge on any atom is -0.492 e. The third kappa shape index (κ3) is 5.58. The molecule has 2 amide bonds. The van der Waals surface area contributed by atoms with Crippen LogP contribution in [0.25, 0.3) is 16.6 Å². The average molecular weight is 506 g/mol. The van der Waals surface area contributed by atoms with Crippen LogP contribution in [0.3, 0.4) is 0 Å². The van der Waals surface area contributed by atoms with Crippen LogP contribution >= 0.6 is 0 Å². The predicted molar refractivity (Wildman–Crippen MR) is 138 cm³/mol. The van der Waals surface area contributed by atoms with E-state index in [0.29, 0.717) is 55.8 Å². The largest absolute Gasteiger partial charge is 0.492 e. The summed E-state index contributed by atoms with van der Waals surface area (Å²) in [6.07, 6.45) is 5.65. The van der Waals surface area contributed by atoms with E-state index in [-0.39, 0.29) is 5.91 Å². The van der Waals surface area contributed by atoms with Crippen molar-refractivity contribution in [3.05, 3.63) is 42.4 Å². The van der Waals surface area contributed by atoms with Crippen LogP contribution in [0, 0.1) is 11.3 Å². The highest BCUT2D eigenvalue weighted by molar-refractivity contribution is 5.86. The minimum atomic E-state index is -1.21. The van der Waals surface area contributed by atoms with Gasteiger partial charge in [0.05, 0.1) is 30.1 Å². The smallest absolute Gasteiger partial charge is 0.405 e. The molecule has 37 heavy (non-hydrogen) atoms. The van der Waals surface area contributed by atoms with Gasteiger partial charge in [0.1, 0.15) is 23.7 Å². The summed E-state index contributed by atoms with van der Waals surface area (Å²) >= 11 is 0. The van der Waals surface area contributed by atoms with Crippen LogP contribution in [-0.2, 0) is 4.79 Å². The lowest BCUT2D eigenvalue weighted by Gasteiger charge is -2.41. The summed E-state index contributed by atoms with van der Waals surface area (Å²) in [5.74, 6) is 1.17. The minimum absolute atomic E-state index is 0.305. The molecule has 3 aromatic rings. The van der Waals surface area contributed by atoms with Crippen LogP contribution in [0.15, 0.2) is 36.8 Å². The van der Waals surface area contributed by atoms with Crippen molar-refractivity contribution in [3.8, 4) is 22.9 Å². The number of carboxylic acid groups (broad SMARTS) is 1. The first kappa shape index (κ1) is 25.8. The predicted octanol–water partition coefficient (Wildman–Crippen LogP) is 3.19. The number of anilines is 1. The maximum absolute atomic E-state index is 12.6. The molecule has 1 aliphatic rings. The second-order valence-electron chi connectivity index (χ2n) is 9.34. The fourth-order valence-corrected chi connectivity index (χ4v) is 4.62. The van der Waals surface area contributed by atoms with Crippen LogP contribution in [0.1, 0.15) is 45.6 Å². The van der Waals surface area contributed by atoms with Gasteiger partial charge in [-0.2, -0.15) is 10.4 Å². The van der Waals surface area contributed by atoms with Gasteiger partial charge in [-0.05, 0) is 51.3 Å². The normalized spacial score (nSPS) is 15.6. The van der Waals surface area contributed by atoms with Crippen LogP contribution < -0.4 is 20.3 Å². The van der Waals surface area contributed by atoms with E-state index in [2.05, 4.69) is 26.7 Å². The maximum Gasteiger partial charge on any atom is 0.405 e. The van der Waals surface area contributed by atoms with Gasteiger partial charge in [-0.1, -0.05) is 6.92 Å². The summed E-state index contributed by atoms with van der Waals surface area (Å²) in [6.45, 7) is 7.56. The molecule has 194 valence electrons. The topological polar surface area (TPSA) is 145 Å². The van der Waals surface area contributed by atoms with Crippen LogP contribution in [-0.4, -0.2) is 63.0 Å². The molecule has 0 bridgehead atoms. The summed E-state index contributed by atoms with van der Waals surface area (Å²) in [5, 5.41) is 28.1. The molecule has 1 saturated heterocycles. The Morgan fingerprint density at radius 3 is 2.62 bits per heavy atom. The van der Waals surface area contributed by atoms with Crippen molar-refractivity contribution in [2.24, 2.45) is 0 Å². The van der Waals surface area contributed by atoms with Gasteiger partial charge in [0.2, 0.25) is 5.91 Å². The molecule has 1 atom stereocenters. The molecule has 0 unspecified atom stereocenters. The lowest BCUT2D eigenvalue weighted by molar-refractivity contribution is -0.125. The SMILES string of the molecule is CCOc1cc(-c2ccc(N3CCC(C)(NC(=O)[C@H](CC)NC(=O)O)CC3)nc2)c2c(C#N)cnn2c1. The number of hydrogen-bond acceptors (Lipinski definition) is 7. The quantitative estimate of drug-likeness (QED) is 0.423. The molecule has 1 aliphatic heterocycles. The van der Waals surface area contributed by atoms with Crippen molar-refractivity contribution in [2.75, 3.05) is 24.6 Å². The third-order valence-corrected chi connectivity index (χ3v) is 6.72. The van der Waals surface area contributed by atoms with Crippen molar-refractivity contribution in [2.45, 2.75) is 51.6 Å². The number of ether oxygens (including phenoxy) is 1. The molecule has 0 spiro atoms. The van der Waals surface area contributed by atoms with Crippen LogP contribution in [0.5, 0.6) is 5.75 Å². The van der Waals surface area contributed by atoms with Crippen LogP contribution in [0.2, 0.25) is 0 Å². The second-order valence-corrected chi connectivity index (χ2v) is 9.34. The summed E-state index contributed by atoms with van der Waals surface area (Å²) in [6, 6.07) is 7.25. The molecule has 1 fully saturated rings. The average Bonchev–Trinajstić information content (AvgIpc) is 3.30. The lowest BCUT2D eigenvalue weighted by Crippen LogP contribution is -2.58. The molecule has 3 aromatic heterocycles. The first-order chi connectivity index (χ1) is 17.8.